The fraction of sp³-hybridized carbons (Fsp3) is 0.115. The minimum atomic E-state index is 0.750. The number of aromatic nitrogens is 3. The van der Waals surface area contributed by atoms with Crippen LogP contribution in [0, 0.1) is 6.92 Å². The molecule has 0 aliphatic carbocycles. The Kier molecular flexibility index (Phi) is 7.96. The maximum atomic E-state index is 6.91. The maximum Gasteiger partial charge on any atom is 0.116 e. The van der Waals surface area contributed by atoms with Gasteiger partial charge in [0.15, 0.2) is 0 Å². The summed E-state index contributed by atoms with van der Waals surface area (Å²) in [6, 6.07) is 54.0. The number of para-hydroxylation sites is 1. The second-order valence-electron chi connectivity index (χ2n) is 15.1. The first-order chi connectivity index (χ1) is 27.4. The number of hydrogen-bond acceptors (Lipinski definition) is 1. The highest BCUT2D eigenvalue weighted by molar-refractivity contribution is 6.12. The number of aryl methyl sites for hydroxylation is 3. The molecule has 3 heterocycles. The number of fused-ring (bicyclic) bond motifs is 7. The van der Waals surface area contributed by atoms with Gasteiger partial charge in [0.05, 0.1) is 27.6 Å². The molecule has 4 nitrogen and oxygen atoms in total. The highest BCUT2D eigenvalue weighted by atomic mass is 15.1. The first kappa shape index (κ1) is 33.8. The summed E-state index contributed by atoms with van der Waals surface area (Å²) in [5, 5.41) is 6.22. The Labute approximate surface area is 327 Å². The SMILES string of the molecule is C/C=C\c1c(N)n(-c2ccc(CC)cc2)c2ccc(-c3cccc(-n4c5ccccc5c5cc(-n6c7ccc(C)cc7c7cc(CC)ccc76)ccc54)c3)cc12. The predicted molar refractivity (Wildman–Crippen MR) is 240 cm³/mol. The highest BCUT2D eigenvalue weighted by Gasteiger charge is 2.19. The number of allylic oxidation sites excluding steroid dienone is 1. The van der Waals surface area contributed by atoms with Crippen LogP contribution in [-0.2, 0) is 12.8 Å². The van der Waals surface area contributed by atoms with E-state index in [1.54, 1.807) is 0 Å². The Morgan fingerprint density at radius 2 is 1.05 bits per heavy atom. The Morgan fingerprint density at radius 1 is 0.464 bits per heavy atom. The third-order valence-corrected chi connectivity index (χ3v) is 11.7. The van der Waals surface area contributed by atoms with Crippen molar-refractivity contribution in [1.29, 1.82) is 0 Å². The van der Waals surface area contributed by atoms with Crippen LogP contribution in [0.15, 0.2) is 152 Å². The fourth-order valence-corrected chi connectivity index (χ4v) is 8.90. The zero-order valence-electron chi connectivity index (χ0n) is 32.3. The molecule has 7 aromatic carbocycles. The molecule has 0 saturated carbocycles. The fourth-order valence-electron chi connectivity index (χ4n) is 8.90. The van der Waals surface area contributed by atoms with Crippen molar-refractivity contribution < 1.29 is 0 Å². The molecule has 10 rings (SSSR count). The van der Waals surface area contributed by atoms with Gasteiger partial charge in [0.25, 0.3) is 0 Å². The Hall–Kier alpha value is -6.78. The lowest BCUT2D eigenvalue weighted by atomic mass is 10.0. The molecule has 0 unspecified atom stereocenters. The lowest BCUT2D eigenvalue weighted by Gasteiger charge is -2.12. The monoisotopic (exact) mass is 724 g/mol. The molecular formula is C52H44N4. The smallest absolute Gasteiger partial charge is 0.116 e. The lowest BCUT2D eigenvalue weighted by molar-refractivity contribution is 1.10. The zero-order chi connectivity index (χ0) is 38.1. The molecule has 10 aromatic rings. The van der Waals surface area contributed by atoms with E-state index < -0.39 is 0 Å². The molecule has 0 saturated heterocycles. The number of anilines is 1. The van der Waals surface area contributed by atoms with Crippen LogP contribution in [0.4, 0.5) is 5.82 Å². The van der Waals surface area contributed by atoms with Gasteiger partial charge >= 0.3 is 0 Å². The molecular weight excluding hydrogens is 681 g/mol. The van der Waals surface area contributed by atoms with E-state index >= 15 is 0 Å². The van der Waals surface area contributed by atoms with Crippen LogP contribution in [0.1, 0.15) is 43.0 Å². The van der Waals surface area contributed by atoms with Gasteiger partial charge in [-0.3, -0.25) is 4.57 Å². The highest BCUT2D eigenvalue weighted by Crippen LogP contribution is 2.39. The van der Waals surface area contributed by atoms with Gasteiger partial charge in [0.1, 0.15) is 5.82 Å². The van der Waals surface area contributed by atoms with Gasteiger partial charge in [-0.25, -0.2) is 0 Å². The second kappa shape index (κ2) is 13.2. The quantitative estimate of drug-likeness (QED) is 0.175. The van der Waals surface area contributed by atoms with Crippen molar-refractivity contribution in [3.05, 3.63) is 174 Å². The number of benzene rings is 7. The van der Waals surface area contributed by atoms with E-state index in [-0.39, 0.29) is 0 Å². The van der Waals surface area contributed by atoms with Crippen LogP contribution in [-0.4, -0.2) is 13.7 Å². The standard InChI is InChI=1S/C52H44N4/c1-5-11-42-45-31-37(20-26-51(45)56(52(42)53)38-21-17-34(6-2)18-22-38)36-12-10-13-39(30-36)54-47-15-9-8-14-41(47)46-32-40(23-27-50(46)54)55-48-24-16-33(4)28-43(48)44-29-35(7-3)19-25-49(44)55/h5,8-32H,6-7,53H2,1-4H3/b11-5-. The van der Waals surface area contributed by atoms with E-state index in [1.807, 2.05) is 6.92 Å². The molecule has 0 aliphatic rings. The Bertz CT molecular complexity index is 3180. The number of nitrogens with zero attached hydrogens (tertiary/aromatic N) is 3. The topological polar surface area (TPSA) is 40.8 Å². The molecule has 0 aliphatic heterocycles. The lowest BCUT2D eigenvalue weighted by Crippen LogP contribution is -2.00. The van der Waals surface area contributed by atoms with Crippen LogP contribution in [0.5, 0.6) is 0 Å². The van der Waals surface area contributed by atoms with Crippen molar-refractivity contribution in [2.75, 3.05) is 5.73 Å². The van der Waals surface area contributed by atoms with Gasteiger partial charge in [-0.2, -0.15) is 0 Å². The van der Waals surface area contributed by atoms with Gasteiger partial charge in [-0.15, -0.1) is 0 Å². The summed E-state index contributed by atoms with van der Waals surface area (Å²) in [6.07, 6.45) is 6.22. The number of nitrogen functional groups attached to an aromatic ring is 1. The molecule has 2 N–H and O–H groups in total. The van der Waals surface area contributed by atoms with Gasteiger partial charge in [0.2, 0.25) is 0 Å². The van der Waals surface area contributed by atoms with E-state index in [0.717, 1.165) is 57.6 Å². The number of hydrogen-bond donors (Lipinski definition) is 1. The third-order valence-electron chi connectivity index (χ3n) is 11.7. The molecule has 0 fully saturated rings. The molecule has 272 valence electrons. The molecule has 0 spiro atoms. The second-order valence-corrected chi connectivity index (χ2v) is 15.1. The third kappa shape index (κ3) is 5.20. The van der Waals surface area contributed by atoms with Gasteiger partial charge in [-0.1, -0.05) is 92.2 Å². The van der Waals surface area contributed by atoms with Gasteiger partial charge in [0, 0.05) is 49.6 Å². The van der Waals surface area contributed by atoms with E-state index in [9.17, 15) is 0 Å². The van der Waals surface area contributed by atoms with Crippen LogP contribution >= 0.6 is 0 Å². The average molecular weight is 725 g/mol. The van der Waals surface area contributed by atoms with Crippen molar-refractivity contribution >= 4 is 66.4 Å². The minimum Gasteiger partial charge on any atom is -0.384 e. The number of nitrogens with two attached hydrogens (primary N) is 1. The van der Waals surface area contributed by atoms with Crippen molar-refractivity contribution in [3.8, 4) is 28.2 Å². The summed E-state index contributed by atoms with van der Waals surface area (Å²) in [5.41, 5.74) is 23.5. The maximum absolute atomic E-state index is 6.91. The summed E-state index contributed by atoms with van der Waals surface area (Å²) >= 11 is 0. The molecule has 4 heteroatoms. The molecule has 0 atom stereocenters. The Balaban J connectivity index is 1.12. The van der Waals surface area contributed by atoms with Gasteiger partial charge < -0.3 is 14.9 Å². The number of rotatable bonds is 7. The van der Waals surface area contributed by atoms with E-state index in [0.29, 0.717) is 0 Å². The van der Waals surface area contributed by atoms with Crippen molar-refractivity contribution in [1.82, 2.24) is 13.7 Å². The molecule has 0 radical (unpaired) electrons. The summed E-state index contributed by atoms with van der Waals surface area (Å²) in [5.74, 6) is 0.750. The van der Waals surface area contributed by atoms with Crippen molar-refractivity contribution in [3.63, 3.8) is 0 Å². The van der Waals surface area contributed by atoms with Crippen LogP contribution < -0.4 is 5.73 Å². The summed E-state index contributed by atoms with van der Waals surface area (Å²) in [4.78, 5) is 0. The predicted octanol–water partition coefficient (Wildman–Crippen LogP) is 13.5. The van der Waals surface area contributed by atoms with Crippen LogP contribution in [0.25, 0.3) is 88.8 Å². The van der Waals surface area contributed by atoms with Gasteiger partial charge in [-0.05, 0) is 134 Å². The normalized spacial score (nSPS) is 12.1. The first-order valence-corrected chi connectivity index (χ1v) is 19.8. The first-order valence-electron chi connectivity index (χ1n) is 19.8. The Morgan fingerprint density at radius 3 is 1.82 bits per heavy atom. The van der Waals surface area contributed by atoms with Crippen molar-refractivity contribution in [2.45, 2.75) is 40.5 Å². The summed E-state index contributed by atoms with van der Waals surface area (Å²) in [6.45, 7) is 8.64. The summed E-state index contributed by atoms with van der Waals surface area (Å²) in [7, 11) is 0. The average Bonchev–Trinajstić information content (AvgIpc) is 3.84. The molecule has 0 amide bonds. The molecule has 56 heavy (non-hydrogen) atoms. The largest absolute Gasteiger partial charge is 0.384 e. The van der Waals surface area contributed by atoms with Crippen LogP contribution in [0.2, 0.25) is 0 Å². The summed E-state index contributed by atoms with van der Waals surface area (Å²) < 4.78 is 7.03. The van der Waals surface area contributed by atoms with E-state index in [1.165, 1.54) is 66.0 Å². The van der Waals surface area contributed by atoms with Crippen molar-refractivity contribution in [2.24, 2.45) is 0 Å². The molecule has 3 aromatic heterocycles. The minimum absolute atomic E-state index is 0.750. The molecule has 0 bridgehead atoms. The van der Waals surface area contributed by atoms with E-state index in [4.69, 9.17) is 5.73 Å². The van der Waals surface area contributed by atoms with E-state index in [2.05, 4.69) is 192 Å². The zero-order valence-corrected chi connectivity index (χ0v) is 32.3. The van der Waals surface area contributed by atoms with Crippen LogP contribution in [0.3, 0.4) is 0 Å².